The number of benzene rings is 3. The lowest BCUT2D eigenvalue weighted by Gasteiger charge is -2.13. The number of fused-ring (bicyclic) bond motifs is 1. The van der Waals surface area contributed by atoms with E-state index >= 15 is 0 Å². The maximum Gasteiger partial charge on any atom is 0.336 e. The summed E-state index contributed by atoms with van der Waals surface area (Å²) in [6, 6.07) is 23.9. The molecular weight excluding hydrogens is 364 g/mol. The van der Waals surface area contributed by atoms with Gasteiger partial charge in [0.25, 0.3) is 0 Å². The number of carbonyl (C=O) groups excluding carboxylic acids is 1. The van der Waals surface area contributed by atoms with Crippen molar-refractivity contribution in [2.24, 2.45) is 0 Å². The molecule has 0 bridgehead atoms. The minimum atomic E-state index is -0.424. The van der Waals surface area contributed by atoms with Gasteiger partial charge in [-0.05, 0) is 29.2 Å². The number of hydrogen-bond acceptors (Lipinski definition) is 4. The number of ketones is 1. The second-order valence-corrected chi connectivity index (χ2v) is 6.73. The first-order valence-corrected chi connectivity index (χ1v) is 9.53. The van der Waals surface area contributed by atoms with E-state index in [4.69, 9.17) is 9.15 Å². The van der Waals surface area contributed by atoms with Crippen LogP contribution >= 0.6 is 0 Å². The maximum atomic E-state index is 12.4. The Morgan fingerprint density at radius 1 is 0.931 bits per heavy atom. The third-order valence-corrected chi connectivity index (χ3v) is 4.85. The summed E-state index contributed by atoms with van der Waals surface area (Å²) in [7, 11) is 0. The predicted molar refractivity (Wildman–Crippen MR) is 114 cm³/mol. The molecule has 0 N–H and O–H groups in total. The average Bonchev–Trinajstić information content (AvgIpc) is 2.77. The summed E-state index contributed by atoms with van der Waals surface area (Å²) in [5.41, 5.74) is 3.33. The first-order valence-electron chi connectivity index (χ1n) is 9.53. The van der Waals surface area contributed by atoms with Crippen LogP contribution in [0.5, 0.6) is 5.75 Å². The largest absolute Gasteiger partial charge is 0.485 e. The van der Waals surface area contributed by atoms with Crippen molar-refractivity contribution in [2.45, 2.75) is 13.3 Å². The van der Waals surface area contributed by atoms with E-state index < -0.39 is 5.63 Å². The molecule has 1 aromatic heterocycles. The van der Waals surface area contributed by atoms with Gasteiger partial charge in [0.15, 0.2) is 12.4 Å². The Morgan fingerprint density at radius 2 is 1.62 bits per heavy atom. The third-order valence-electron chi connectivity index (χ3n) is 4.85. The van der Waals surface area contributed by atoms with Gasteiger partial charge in [-0.1, -0.05) is 67.6 Å². The van der Waals surface area contributed by atoms with Gasteiger partial charge >= 0.3 is 5.63 Å². The fourth-order valence-electron chi connectivity index (χ4n) is 3.35. The lowest BCUT2D eigenvalue weighted by molar-refractivity contribution is 0.0921. The fraction of sp³-hybridized carbons (Fsp3) is 0.120. The minimum absolute atomic E-state index is 0.0782. The fourth-order valence-corrected chi connectivity index (χ4v) is 3.35. The zero-order valence-electron chi connectivity index (χ0n) is 16.1. The van der Waals surface area contributed by atoms with E-state index in [0.717, 1.165) is 28.5 Å². The molecule has 0 aliphatic heterocycles. The molecule has 4 rings (SSSR count). The van der Waals surface area contributed by atoms with Crippen LogP contribution in [0, 0.1) is 0 Å². The Kier molecular flexibility index (Phi) is 5.25. The van der Waals surface area contributed by atoms with E-state index in [9.17, 15) is 9.59 Å². The average molecular weight is 384 g/mol. The van der Waals surface area contributed by atoms with Crippen LogP contribution in [0.15, 0.2) is 88.1 Å². The van der Waals surface area contributed by atoms with Gasteiger partial charge in [-0.15, -0.1) is 0 Å². The van der Waals surface area contributed by atoms with E-state index in [1.54, 1.807) is 18.2 Å². The van der Waals surface area contributed by atoms with E-state index in [1.165, 1.54) is 6.07 Å². The van der Waals surface area contributed by atoms with Gasteiger partial charge in [0, 0.05) is 23.1 Å². The maximum absolute atomic E-state index is 12.4. The van der Waals surface area contributed by atoms with Gasteiger partial charge in [-0.25, -0.2) is 4.79 Å². The highest BCUT2D eigenvalue weighted by Crippen LogP contribution is 2.32. The molecule has 0 spiro atoms. The van der Waals surface area contributed by atoms with E-state index in [1.807, 2.05) is 61.5 Å². The van der Waals surface area contributed by atoms with Gasteiger partial charge in [-0.2, -0.15) is 0 Å². The molecule has 4 aromatic rings. The molecule has 0 aliphatic carbocycles. The van der Waals surface area contributed by atoms with Crippen molar-refractivity contribution in [3.8, 4) is 16.9 Å². The topological polar surface area (TPSA) is 56.5 Å². The third kappa shape index (κ3) is 3.97. The molecule has 0 unspecified atom stereocenters. The van der Waals surface area contributed by atoms with E-state index in [2.05, 4.69) is 0 Å². The van der Waals surface area contributed by atoms with Crippen LogP contribution in [-0.4, -0.2) is 12.4 Å². The van der Waals surface area contributed by atoms with Crippen molar-refractivity contribution in [3.63, 3.8) is 0 Å². The van der Waals surface area contributed by atoms with Crippen molar-refractivity contribution in [1.82, 2.24) is 0 Å². The molecule has 3 aromatic carbocycles. The van der Waals surface area contributed by atoms with Gasteiger partial charge in [0.2, 0.25) is 0 Å². The molecule has 1 heterocycles. The molecule has 0 saturated carbocycles. The van der Waals surface area contributed by atoms with Crippen LogP contribution in [0.1, 0.15) is 22.8 Å². The lowest BCUT2D eigenvalue weighted by Crippen LogP contribution is -2.12. The molecule has 0 atom stereocenters. The molecule has 0 saturated heterocycles. The van der Waals surface area contributed by atoms with Gasteiger partial charge in [-0.3, -0.25) is 4.79 Å². The summed E-state index contributed by atoms with van der Waals surface area (Å²) in [5.74, 6) is 0.449. The SMILES string of the molecule is CCc1cc2c(-c3ccccc3)cc(=O)oc2cc1OCC(=O)c1ccccc1. The quantitative estimate of drug-likeness (QED) is 0.335. The summed E-state index contributed by atoms with van der Waals surface area (Å²) >= 11 is 0. The summed E-state index contributed by atoms with van der Waals surface area (Å²) in [6.45, 7) is 1.94. The Hall–Kier alpha value is -3.66. The molecule has 4 heteroatoms. The minimum Gasteiger partial charge on any atom is -0.485 e. The number of aryl methyl sites for hydroxylation is 1. The highest BCUT2D eigenvalue weighted by Gasteiger charge is 2.14. The summed E-state index contributed by atoms with van der Waals surface area (Å²) in [4.78, 5) is 24.5. The molecule has 0 amide bonds. The second-order valence-electron chi connectivity index (χ2n) is 6.73. The Bertz CT molecular complexity index is 1210. The smallest absolute Gasteiger partial charge is 0.336 e. The van der Waals surface area contributed by atoms with Crippen LogP contribution in [-0.2, 0) is 6.42 Å². The Morgan fingerprint density at radius 3 is 2.31 bits per heavy atom. The Labute approximate surface area is 168 Å². The number of ether oxygens (including phenoxy) is 1. The first kappa shape index (κ1) is 18.7. The summed E-state index contributed by atoms with van der Waals surface area (Å²) in [6.07, 6.45) is 0.720. The normalized spacial score (nSPS) is 10.8. The standard InChI is InChI=1S/C25H20O4/c1-2-17-13-21-20(18-9-5-3-6-10-18)14-25(27)29-24(21)15-23(17)28-16-22(26)19-11-7-4-8-12-19/h3-15H,2,16H2,1H3. The molecule has 0 fully saturated rings. The first-order chi connectivity index (χ1) is 14.2. The van der Waals surface area contributed by atoms with Crippen LogP contribution in [0.3, 0.4) is 0 Å². The highest BCUT2D eigenvalue weighted by atomic mass is 16.5. The van der Waals surface area contributed by atoms with Crippen LogP contribution < -0.4 is 10.4 Å². The van der Waals surface area contributed by atoms with Crippen LogP contribution in [0.2, 0.25) is 0 Å². The monoisotopic (exact) mass is 384 g/mol. The van der Waals surface area contributed by atoms with E-state index in [-0.39, 0.29) is 12.4 Å². The number of carbonyl (C=O) groups is 1. The van der Waals surface area contributed by atoms with E-state index in [0.29, 0.717) is 16.9 Å². The van der Waals surface area contributed by atoms with Gasteiger partial charge in [0.1, 0.15) is 11.3 Å². The van der Waals surface area contributed by atoms with Crippen molar-refractivity contribution in [2.75, 3.05) is 6.61 Å². The molecule has 144 valence electrons. The zero-order chi connectivity index (χ0) is 20.2. The van der Waals surface area contributed by atoms with Gasteiger partial charge in [0.05, 0.1) is 0 Å². The van der Waals surface area contributed by atoms with Gasteiger partial charge < -0.3 is 9.15 Å². The lowest BCUT2D eigenvalue weighted by atomic mass is 9.99. The van der Waals surface area contributed by atoms with Crippen molar-refractivity contribution in [1.29, 1.82) is 0 Å². The number of rotatable bonds is 6. The number of hydrogen-bond donors (Lipinski definition) is 0. The number of Topliss-reactive ketones (excluding diaryl/α,β-unsaturated/α-hetero) is 1. The predicted octanol–water partition coefficient (Wildman–Crippen LogP) is 5.28. The molecule has 0 radical (unpaired) electrons. The highest BCUT2D eigenvalue weighted by molar-refractivity contribution is 5.97. The molecule has 4 nitrogen and oxygen atoms in total. The zero-order valence-corrected chi connectivity index (χ0v) is 16.1. The molecule has 29 heavy (non-hydrogen) atoms. The summed E-state index contributed by atoms with van der Waals surface area (Å²) in [5, 5.41) is 0.842. The van der Waals surface area contributed by atoms with Crippen LogP contribution in [0.4, 0.5) is 0 Å². The Balaban J connectivity index is 1.72. The molecular formula is C25H20O4. The van der Waals surface area contributed by atoms with Crippen molar-refractivity contribution in [3.05, 3.63) is 100 Å². The molecule has 0 aliphatic rings. The van der Waals surface area contributed by atoms with Crippen molar-refractivity contribution >= 4 is 16.8 Å². The van der Waals surface area contributed by atoms with Crippen molar-refractivity contribution < 1.29 is 13.9 Å². The second kappa shape index (κ2) is 8.15. The van der Waals surface area contributed by atoms with Crippen LogP contribution in [0.25, 0.3) is 22.1 Å². The summed E-state index contributed by atoms with van der Waals surface area (Å²) < 4.78 is 11.3.